The summed E-state index contributed by atoms with van der Waals surface area (Å²) in [6, 6.07) is 0. The van der Waals surface area contributed by atoms with Gasteiger partial charge in [0.1, 0.15) is 0 Å². The van der Waals surface area contributed by atoms with Crippen LogP contribution in [0.15, 0.2) is 0 Å². The van der Waals surface area contributed by atoms with E-state index in [0.717, 1.165) is 6.54 Å². The maximum atomic E-state index is 5.51. The SMILES string of the molecule is CC(C)(CN)N1CC1. The summed E-state index contributed by atoms with van der Waals surface area (Å²) in [5.74, 6) is 0. The monoisotopic (exact) mass is 114 g/mol. The highest BCUT2D eigenvalue weighted by Gasteiger charge is 2.32. The molecule has 1 heterocycles. The quantitative estimate of drug-likeness (QED) is 0.513. The third-order valence-corrected chi connectivity index (χ3v) is 1.80. The third kappa shape index (κ3) is 1.01. The normalized spacial score (nSPS) is 21.4. The first-order valence-corrected chi connectivity index (χ1v) is 3.12. The van der Waals surface area contributed by atoms with Crippen molar-refractivity contribution in [1.82, 2.24) is 4.90 Å². The van der Waals surface area contributed by atoms with Gasteiger partial charge in [-0.05, 0) is 13.8 Å². The topological polar surface area (TPSA) is 29.0 Å². The van der Waals surface area contributed by atoms with Crippen LogP contribution in [0.4, 0.5) is 0 Å². The summed E-state index contributed by atoms with van der Waals surface area (Å²) >= 11 is 0. The summed E-state index contributed by atoms with van der Waals surface area (Å²) in [7, 11) is 0. The van der Waals surface area contributed by atoms with E-state index in [-0.39, 0.29) is 5.54 Å². The molecule has 48 valence electrons. The van der Waals surface area contributed by atoms with Crippen molar-refractivity contribution in [3.63, 3.8) is 0 Å². The van der Waals surface area contributed by atoms with E-state index in [1.807, 2.05) is 0 Å². The van der Waals surface area contributed by atoms with Crippen LogP contribution in [-0.2, 0) is 0 Å². The maximum Gasteiger partial charge on any atom is 0.0276 e. The fourth-order valence-electron chi connectivity index (χ4n) is 0.784. The molecule has 0 amide bonds. The van der Waals surface area contributed by atoms with Crippen molar-refractivity contribution in [2.24, 2.45) is 5.73 Å². The number of hydrogen-bond acceptors (Lipinski definition) is 2. The van der Waals surface area contributed by atoms with Gasteiger partial charge in [-0.3, -0.25) is 4.90 Å². The molecule has 0 atom stereocenters. The van der Waals surface area contributed by atoms with Gasteiger partial charge in [-0.15, -0.1) is 0 Å². The number of hydrogen-bond donors (Lipinski definition) is 1. The van der Waals surface area contributed by atoms with Gasteiger partial charge in [-0.25, -0.2) is 0 Å². The highest BCUT2D eigenvalue weighted by molar-refractivity contribution is 4.90. The molecule has 1 rings (SSSR count). The van der Waals surface area contributed by atoms with Crippen LogP contribution < -0.4 is 5.73 Å². The number of rotatable bonds is 2. The van der Waals surface area contributed by atoms with Gasteiger partial charge in [-0.1, -0.05) is 0 Å². The number of nitrogens with zero attached hydrogens (tertiary/aromatic N) is 1. The molecule has 1 aliphatic rings. The Hall–Kier alpha value is -0.0800. The molecule has 0 aliphatic carbocycles. The van der Waals surface area contributed by atoms with Gasteiger partial charge in [0, 0.05) is 25.2 Å². The predicted octanol–water partition coefficient (Wildman–Crippen LogP) is 0.0393. The lowest BCUT2D eigenvalue weighted by molar-refractivity contribution is 0.290. The molecule has 1 aliphatic heterocycles. The fourth-order valence-corrected chi connectivity index (χ4v) is 0.784. The third-order valence-electron chi connectivity index (χ3n) is 1.80. The lowest BCUT2D eigenvalue weighted by Crippen LogP contribution is -2.38. The average Bonchev–Trinajstić information content (AvgIpc) is 2.44. The largest absolute Gasteiger partial charge is 0.329 e. The molecule has 1 saturated heterocycles. The molecule has 0 bridgehead atoms. The smallest absolute Gasteiger partial charge is 0.0276 e. The van der Waals surface area contributed by atoms with E-state index in [0.29, 0.717) is 0 Å². The molecular formula is C6H14N2. The summed E-state index contributed by atoms with van der Waals surface area (Å²) in [4.78, 5) is 2.37. The van der Waals surface area contributed by atoms with Crippen LogP contribution in [0.25, 0.3) is 0 Å². The minimum Gasteiger partial charge on any atom is -0.329 e. The Bertz CT molecular complexity index is 84.5. The van der Waals surface area contributed by atoms with E-state index < -0.39 is 0 Å². The molecule has 8 heavy (non-hydrogen) atoms. The molecule has 0 aromatic carbocycles. The summed E-state index contributed by atoms with van der Waals surface area (Å²) in [6.45, 7) is 7.61. The molecule has 1 fully saturated rings. The van der Waals surface area contributed by atoms with Crippen LogP contribution in [0, 0.1) is 0 Å². The molecule has 0 spiro atoms. The van der Waals surface area contributed by atoms with Gasteiger partial charge in [-0.2, -0.15) is 0 Å². The summed E-state index contributed by atoms with van der Waals surface area (Å²) < 4.78 is 0. The van der Waals surface area contributed by atoms with Crippen molar-refractivity contribution < 1.29 is 0 Å². The second-order valence-corrected chi connectivity index (χ2v) is 3.00. The molecule has 2 N–H and O–H groups in total. The van der Waals surface area contributed by atoms with Crippen LogP contribution in [0.3, 0.4) is 0 Å². The molecule has 0 saturated carbocycles. The first-order valence-electron chi connectivity index (χ1n) is 3.12. The standard InChI is InChI=1S/C6H14N2/c1-6(2,5-7)8-3-4-8/h3-5,7H2,1-2H3. The average molecular weight is 114 g/mol. The zero-order chi connectivity index (χ0) is 6.20. The van der Waals surface area contributed by atoms with Gasteiger partial charge < -0.3 is 5.73 Å². The van der Waals surface area contributed by atoms with Crippen molar-refractivity contribution in [1.29, 1.82) is 0 Å². The first kappa shape index (κ1) is 6.05. The van der Waals surface area contributed by atoms with Crippen molar-refractivity contribution in [3.8, 4) is 0 Å². The Morgan fingerprint density at radius 3 is 2.12 bits per heavy atom. The van der Waals surface area contributed by atoms with Crippen molar-refractivity contribution in [2.45, 2.75) is 19.4 Å². The van der Waals surface area contributed by atoms with Crippen LogP contribution in [0.5, 0.6) is 0 Å². The first-order chi connectivity index (χ1) is 3.67. The highest BCUT2D eigenvalue weighted by Crippen LogP contribution is 2.19. The van der Waals surface area contributed by atoms with E-state index in [2.05, 4.69) is 18.7 Å². The Kier molecular flexibility index (Phi) is 1.29. The zero-order valence-corrected chi connectivity index (χ0v) is 5.65. The fraction of sp³-hybridized carbons (Fsp3) is 1.00. The van der Waals surface area contributed by atoms with E-state index in [4.69, 9.17) is 5.73 Å². The minimum absolute atomic E-state index is 0.264. The molecule has 0 radical (unpaired) electrons. The number of nitrogens with two attached hydrogens (primary N) is 1. The van der Waals surface area contributed by atoms with Crippen molar-refractivity contribution in [3.05, 3.63) is 0 Å². The molecule has 2 heteroatoms. The maximum absolute atomic E-state index is 5.51. The van der Waals surface area contributed by atoms with Crippen molar-refractivity contribution >= 4 is 0 Å². The van der Waals surface area contributed by atoms with Crippen LogP contribution in [-0.4, -0.2) is 30.1 Å². The molecule has 2 nitrogen and oxygen atoms in total. The molecule has 0 aromatic heterocycles. The van der Waals surface area contributed by atoms with Crippen LogP contribution in [0.1, 0.15) is 13.8 Å². The second kappa shape index (κ2) is 1.71. The van der Waals surface area contributed by atoms with Gasteiger partial charge in [0.05, 0.1) is 0 Å². The summed E-state index contributed by atoms with van der Waals surface area (Å²) in [5, 5.41) is 0. The molecule has 0 unspecified atom stereocenters. The van der Waals surface area contributed by atoms with E-state index in [1.54, 1.807) is 0 Å². The van der Waals surface area contributed by atoms with Crippen LogP contribution in [0.2, 0.25) is 0 Å². The molecular weight excluding hydrogens is 100 g/mol. The van der Waals surface area contributed by atoms with Gasteiger partial charge in [0.25, 0.3) is 0 Å². The van der Waals surface area contributed by atoms with E-state index >= 15 is 0 Å². The lowest BCUT2D eigenvalue weighted by Gasteiger charge is -2.23. The Morgan fingerprint density at radius 1 is 1.50 bits per heavy atom. The summed E-state index contributed by atoms with van der Waals surface area (Å²) in [5.41, 5.74) is 5.77. The minimum atomic E-state index is 0.264. The Morgan fingerprint density at radius 2 is 2.00 bits per heavy atom. The Balaban J connectivity index is 2.37. The van der Waals surface area contributed by atoms with Crippen LogP contribution >= 0.6 is 0 Å². The zero-order valence-electron chi connectivity index (χ0n) is 5.65. The molecule has 0 aromatic rings. The highest BCUT2D eigenvalue weighted by atomic mass is 15.3. The van der Waals surface area contributed by atoms with Gasteiger partial charge in [0.2, 0.25) is 0 Å². The lowest BCUT2D eigenvalue weighted by atomic mass is 10.1. The van der Waals surface area contributed by atoms with Gasteiger partial charge >= 0.3 is 0 Å². The Labute approximate surface area is 50.7 Å². The predicted molar refractivity (Wildman–Crippen MR) is 34.7 cm³/mol. The summed E-state index contributed by atoms with van der Waals surface area (Å²) in [6.07, 6.45) is 0. The van der Waals surface area contributed by atoms with E-state index in [9.17, 15) is 0 Å². The van der Waals surface area contributed by atoms with Gasteiger partial charge in [0.15, 0.2) is 0 Å². The second-order valence-electron chi connectivity index (χ2n) is 3.00. The van der Waals surface area contributed by atoms with Crippen molar-refractivity contribution in [2.75, 3.05) is 19.6 Å². The van der Waals surface area contributed by atoms with E-state index in [1.165, 1.54) is 13.1 Å².